The van der Waals surface area contributed by atoms with Crippen LogP contribution < -0.4 is 9.47 Å². The number of hydrogen-bond acceptors (Lipinski definition) is 3. The number of hydrogen-bond donors (Lipinski definition) is 1. The molecule has 2 aliphatic rings. The van der Waals surface area contributed by atoms with Crippen molar-refractivity contribution in [1.82, 2.24) is 0 Å². The minimum absolute atomic E-state index is 0.366. The van der Waals surface area contributed by atoms with E-state index in [9.17, 15) is 26.7 Å². The molecule has 114 valence electrons. The van der Waals surface area contributed by atoms with E-state index in [0.717, 1.165) is 12.1 Å². The first-order valence-corrected chi connectivity index (χ1v) is 5.83. The third-order valence-corrected chi connectivity index (χ3v) is 3.42. The SMILES string of the molecule is O=C(O)c1ccc2c(c1C1CC1C(F)(F)F)OC(F)(F)O2. The lowest BCUT2D eigenvalue weighted by Gasteiger charge is -2.11. The van der Waals surface area contributed by atoms with Crippen LogP contribution in [0.1, 0.15) is 28.3 Å². The Bertz CT molecular complexity index is 625. The molecule has 2 atom stereocenters. The minimum Gasteiger partial charge on any atom is -0.478 e. The van der Waals surface area contributed by atoms with E-state index < -0.39 is 47.3 Å². The Morgan fingerprint density at radius 2 is 1.95 bits per heavy atom. The second kappa shape index (κ2) is 3.99. The van der Waals surface area contributed by atoms with Crippen molar-refractivity contribution in [3.05, 3.63) is 23.3 Å². The molecule has 1 aromatic carbocycles. The van der Waals surface area contributed by atoms with Crippen LogP contribution in [0, 0.1) is 5.92 Å². The summed E-state index contributed by atoms with van der Waals surface area (Å²) in [4.78, 5) is 11.1. The Balaban J connectivity index is 2.07. The van der Waals surface area contributed by atoms with Gasteiger partial charge in [-0.2, -0.15) is 13.2 Å². The number of carboxylic acid groups (broad SMARTS) is 1. The summed E-state index contributed by atoms with van der Waals surface area (Å²) in [6.45, 7) is 0. The molecular formula is C12H7F5O4. The normalized spacial score (nSPS) is 25.8. The van der Waals surface area contributed by atoms with Gasteiger partial charge in [0.1, 0.15) is 0 Å². The van der Waals surface area contributed by atoms with Crippen LogP contribution in [0.15, 0.2) is 12.1 Å². The topological polar surface area (TPSA) is 55.8 Å². The number of ether oxygens (including phenoxy) is 2. The summed E-state index contributed by atoms with van der Waals surface area (Å²) in [6, 6.07) is 1.88. The van der Waals surface area contributed by atoms with E-state index in [4.69, 9.17) is 5.11 Å². The summed E-state index contributed by atoms with van der Waals surface area (Å²) in [5.41, 5.74) is -0.883. The van der Waals surface area contributed by atoms with Gasteiger partial charge in [0.2, 0.25) is 0 Å². The van der Waals surface area contributed by atoms with E-state index in [0.29, 0.717) is 0 Å². The van der Waals surface area contributed by atoms with Crippen LogP contribution in [0.2, 0.25) is 0 Å². The molecule has 0 spiro atoms. The monoisotopic (exact) mass is 310 g/mol. The fraction of sp³-hybridized carbons (Fsp3) is 0.417. The standard InChI is InChI=1S/C12H7F5O4/c13-11(14,15)6-3-5(6)8-4(10(18)19)1-2-7-9(8)21-12(16,17)20-7/h1-2,5-6H,3H2,(H,18,19). The summed E-state index contributed by atoms with van der Waals surface area (Å²) in [6.07, 6.45) is -8.91. The minimum atomic E-state index is -4.52. The molecule has 1 aliphatic carbocycles. The second-order valence-corrected chi connectivity index (χ2v) is 4.82. The van der Waals surface area contributed by atoms with Gasteiger partial charge < -0.3 is 14.6 Å². The van der Waals surface area contributed by atoms with Crippen molar-refractivity contribution in [2.75, 3.05) is 0 Å². The lowest BCUT2D eigenvalue weighted by atomic mass is 10.00. The first kappa shape index (κ1) is 13.9. The molecule has 2 unspecified atom stereocenters. The van der Waals surface area contributed by atoms with Crippen molar-refractivity contribution < 1.29 is 41.3 Å². The van der Waals surface area contributed by atoms with Gasteiger partial charge in [-0.25, -0.2) is 4.79 Å². The highest BCUT2D eigenvalue weighted by atomic mass is 19.4. The summed E-state index contributed by atoms with van der Waals surface area (Å²) in [5.74, 6) is -5.59. The summed E-state index contributed by atoms with van der Waals surface area (Å²) in [7, 11) is 0. The number of alkyl halides is 5. The van der Waals surface area contributed by atoms with Crippen LogP contribution in [0.3, 0.4) is 0 Å². The van der Waals surface area contributed by atoms with Crippen LogP contribution in [0.25, 0.3) is 0 Å². The Hall–Kier alpha value is -2.06. The second-order valence-electron chi connectivity index (χ2n) is 4.82. The molecule has 1 fully saturated rings. The molecule has 1 heterocycles. The molecule has 0 aromatic heterocycles. The maximum absolute atomic E-state index is 13.1. The molecule has 0 amide bonds. The van der Waals surface area contributed by atoms with E-state index in [-0.39, 0.29) is 12.0 Å². The van der Waals surface area contributed by atoms with Crippen LogP contribution in [-0.4, -0.2) is 23.5 Å². The molecule has 1 saturated carbocycles. The quantitative estimate of drug-likeness (QED) is 0.851. The zero-order valence-electron chi connectivity index (χ0n) is 10.1. The predicted molar refractivity (Wildman–Crippen MR) is 56.5 cm³/mol. The lowest BCUT2D eigenvalue weighted by Crippen LogP contribution is -2.26. The number of rotatable bonds is 2. The first-order valence-electron chi connectivity index (χ1n) is 5.83. The number of halogens is 5. The van der Waals surface area contributed by atoms with Gasteiger partial charge in [-0.3, -0.25) is 0 Å². The predicted octanol–water partition coefficient (Wildman–Crippen LogP) is 3.37. The van der Waals surface area contributed by atoms with E-state index in [2.05, 4.69) is 9.47 Å². The number of aromatic carboxylic acids is 1. The van der Waals surface area contributed by atoms with E-state index >= 15 is 0 Å². The van der Waals surface area contributed by atoms with Gasteiger partial charge >= 0.3 is 18.4 Å². The van der Waals surface area contributed by atoms with Gasteiger partial charge in [-0.15, -0.1) is 8.78 Å². The zero-order valence-corrected chi connectivity index (χ0v) is 10.1. The van der Waals surface area contributed by atoms with Gasteiger partial charge in [-0.1, -0.05) is 0 Å². The van der Waals surface area contributed by atoms with Gasteiger partial charge in [0.25, 0.3) is 0 Å². The first-order chi connectivity index (χ1) is 9.60. The third kappa shape index (κ3) is 2.26. The highest BCUT2D eigenvalue weighted by molar-refractivity contribution is 5.91. The van der Waals surface area contributed by atoms with E-state index in [1.807, 2.05) is 0 Å². The number of benzene rings is 1. The van der Waals surface area contributed by atoms with Crippen molar-refractivity contribution in [2.45, 2.75) is 24.8 Å². The largest absolute Gasteiger partial charge is 0.586 e. The Labute approximate surface area is 114 Å². The molecule has 0 radical (unpaired) electrons. The molecule has 1 N–H and O–H groups in total. The average Bonchev–Trinajstić information content (AvgIpc) is 3.03. The summed E-state index contributed by atoms with van der Waals surface area (Å²) in [5, 5.41) is 9.03. The third-order valence-electron chi connectivity index (χ3n) is 3.42. The smallest absolute Gasteiger partial charge is 0.478 e. The summed E-state index contributed by atoms with van der Waals surface area (Å²) < 4.78 is 72.4. The molecule has 0 saturated heterocycles. The van der Waals surface area contributed by atoms with Gasteiger partial charge in [0.05, 0.1) is 11.5 Å². The highest BCUT2D eigenvalue weighted by Gasteiger charge is 2.59. The van der Waals surface area contributed by atoms with Gasteiger partial charge in [-0.05, 0) is 18.6 Å². The van der Waals surface area contributed by atoms with Crippen molar-refractivity contribution in [2.24, 2.45) is 5.92 Å². The summed E-state index contributed by atoms with van der Waals surface area (Å²) >= 11 is 0. The van der Waals surface area contributed by atoms with Crippen LogP contribution in [0.4, 0.5) is 22.0 Å². The van der Waals surface area contributed by atoms with E-state index in [1.165, 1.54) is 0 Å². The highest BCUT2D eigenvalue weighted by Crippen LogP contribution is 2.61. The van der Waals surface area contributed by atoms with Gasteiger partial charge in [0.15, 0.2) is 11.5 Å². The Morgan fingerprint density at radius 1 is 1.29 bits per heavy atom. The maximum atomic E-state index is 13.1. The maximum Gasteiger partial charge on any atom is 0.586 e. The molecule has 4 nitrogen and oxygen atoms in total. The molecule has 1 aromatic rings. The molecule has 0 bridgehead atoms. The zero-order chi connectivity index (χ0) is 15.6. The van der Waals surface area contributed by atoms with Crippen LogP contribution in [0.5, 0.6) is 11.5 Å². The van der Waals surface area contributed by atoms with Crippen molar-refractivity contribution in [1.29, 1.82) is 0 Å². The van der Waals surface area contributed by atoms with Crippen molar-refractivity contribution in [3.8, 4) is 11.5 Å². The fourth-order valence-corrected chi connectivity index (χ4v) is 2.46. The number of carboxylic acids is 1. The average molecular weight is 310 g/mol. The Morgan fingerprint density at radius 3 is 2.48 bits per heavy atom. The molecule has 1 aliphatic heterocycles. The molecule has 21 heavy (non-hydrogen) atoms. The number of carbonyl (C=O) groups is 1. The molecular weight excluding hydrogens is 303 g/mol. The lowest BCUT2D eigenvalue weighted by molar-refractivity contribution is -0.287. The van der Waals surface area contributed by atoms with Crippen LogP contribution in [-0.2, 0) is 0 Å². The van der Waals surface area contributed by atoms with Gasteiger partial charge in [0, 0.05) is 11.5 Å². The van der Waals surface area contributed by atoms with Crippen LogP contribution >= 0.6 is 0 Å². The fourth-order valence-electron chi connectivity index (χ4n) is 2.46. The molecule has 9 heteroatoms. The van der Waals surface area contributed by atoms with Crippen molar-refractivity contribution >= 4 is 5.97 Å². The Kier molecular flexibility index (Phi) is 2.64. The van der Waals surface area contributed by atoms with E-state index in [1.54, 1.807) is 0 Å². The molecule has 3 rings (SSSR count). The van der Waals surface area contributed by atoms with Crippen molar-refractivity contribution in [3.63, 3.8) is 0 Å². The number of fused-ring (bicyclic) bond motifs is 1.